The van der Waals surface area contributed by atoms with E-state index in [1.165, 1.54) is 31.2 Å². The Kier molecular flexibility index (Phi) is 7.29. The minimum Gasteiger partial charge on any atom is -0.493 e. The first-order valence-corrected chi connectivity index (χ1v) is 10.3. The van der Waals surface area contributed by atoms with Crippen LogP contribution < -0.4 is 15.0 Å². The maximum Gasteiger partial charge on any atom is 0.223 e. The number of benzene rings is 1. The van der Waals surface area contributed by atoms with Gasteiger partial charge in [-0.15, -0.1) is 0 Å². The van der Waals surface area contributed by atoms with Crippen molar-refractivity contribution >= 4 is 11.7 Å². The van der Waals surface area contributed by atoms with E-state index in [0.717, 1.165) is 35.8 Å². The SMILES string of the molecule is Cc1ccc(OCCC(=O)NCc2ccc(N3CCCCCC3)nc2)c(C)c1. The van der Waals surface area contributed by atoms with Crippen LogP contribution in [0.1, 0.15) is 48.8 Å². The van der Waals surface area contributed by atoms with Gasteiger partial charge >= 0.3 is 0 Å². The monoisotopic (exact) mass is 381 g/mol. The Morgan fingerprint density at radius 2 is 1.89 bits per heavy atom. The zero-order valence-electron chi connectivity index (χ0n) is 17.0. The van der Waals surface area contributed by atoms with Gasteiger partial charge in [0, 0.05) is 25.8 Å². The Hall–Kier alpha value is -2.56. The van der Waals surface area contributed by atoms with Gasteiger partial charge in [0.25, 0.3) is 0 Å². The van der Waals surface area contributed by atoms with Gasteiger partial charge in [0.2, 0.25) is 5.91 Å². The molecule has 1 aromatic heterocycles. The molecule has 1 saturated heterocycles. The number of ether oxygens (including phenoxy) is 1. The molecule has 1 N–H and O–H groups in total. The molecule has 1 aliphatic heterocycles. The molecule has 1 fully saturated rings. The average molecular weight is 382 g/mol. The molecular weight excluding hydrogens is 350 g/mol. The highest BCUT2D eigenvalue weighted by Crippen LogP contribution is 2.19. The number of aromatic nitrogens is 1. The van der Waals surface area contributed by atoms with E-state index in [-0.39, 0.29) is 5.91 Å². The number of aryl methyl sites for hydroxylation is 2. The van der Waals surface area contributed by atoms with E-state index in [1.807, 2.05) is 25.3 Å². The number of hydrogen-bond donors (Lipinski definition) is 1. The highest BCUT2D eigenvalue weighted by molar-refractivity contribution is 5.76. The highest BCUT2D eigenvalue weighted by Gasteiger charge is 2.11. The zero-order chi connectivity index (χ0) is 19.8. The van der Waals surface area contributed by atoms with Gasteiger partial charge in [-0.05, 0) is 49.9 Å². The molecule has 3 rings (SSSR count). The number of nitrogens with zero attached hydrogens (tertiary/aromatic N) is 2. The first-order valence-electron chi connectivity index (χ1n) is 10.3. The largest absolute Gasteiger partial charge is 0.493 e. The van der Waals surface area contributed by atoms with Crippen molar-refractivity contribution in [1.82, 2.24) is 10.3 Å². The minimum atomic E-state index is -0.0126. The summed E-state index contributed by atoms with van der Waals surface area (Å²) in [7, 11) is 0. The van der Waals surface area contributed by atoms with Crippen LogP contribution in [-0.4, -0.2) is 30.6 Å². The topological polar surface area (TPSA) is 54.5 Å². The van der Waals surface area contributed by atoms with Crippen LogP contribution in [0.4, 0.5) is 5.82 Å². The molecule has 1 aliphatic rings. The molecule has 0 atom stereocenters. The third kappa shape index (κ3) is 5.98. The van der Waals surface area contributed by atoms with Crippen molar-refractivity contribution in [1.29, 1.82) is 0 Å². The number of carbonyl (C=O) groups excluding carboxylic acids is 1. The number of rotatable bonds is 7. The van der Waals surface area contributed by atoms with Crippen LogP contribution >= 0.6 is 0 Å². The summed E-state index contributed by atoms with van der Waals surface area (Å²) in [5, 5.41) is 2.95. The Bertz CT molecular complexity index is 766. The van der Waals surface area contributed by atoms with E-state index < -0.39 is 0 Å². The lowest BCUT2D eigenvalue weighted by Crippen LogP contribution is -2.26. The average Bonchev–Trinajstić information content (AvgIpc) is 2.98. The van der Waals surface area contributed by atoms with E-state index >= 15 is 0 Å². The standard InChI is InChI=1S/C23H31N3O2/c1-18-7-9-21(19(2)15-18)28-14-11-23(27)25-17-20-8-10-22(24-16-20)26-12-5-3-4-6-13-26/h7-10,15-16H,3-6,11-14,17H2,1-2H3,(H,25,27). The Morgan fingerprint density at radius 1 is 1.11 bits per heavy atom. The van der Waals surface area contributed by atoms with Gasteiger partial charge in [-0.25, -0.2) is 4.98 Å². The van der Waals surface area contributed by atoms with Gasteiger partial charge in [0.05, 0.1) is 13.0 Å². The Balaban J connectivity index is 1.40. The fraction of sp³-hybridized carbons (Fsp3) is 0.478. The Labute approximate surface area is 168 Å². The van der Waals surface area contributed by atoms with Crippen LogP contribution in [0.15, 0.2) is 36.5 Å². The number of amides is 1. The van der Waals surface area contributed by atoms with Crippen molar-refractivity contribution in [2.24, 2.45) is 0 Å². The lowest BCUT2D eigenvalue weighted by Gasteiger charge is -2.21. The van der Waals surface area contributed by atoms with Crippen molar-refractivity contribution in [3.8, 4) is 5.75 Å². The number of nitrogens with one attached hydrogen (secondary N) is 1. The molecule has 5 heteroatoms. The van der Waals surface area contributed by atoms with Gasteiger partial charge in [-0.3, -0.25) is 4.79 Å². The van der Waals surface area contributed by atoms with E-state index in [1.54, 1.807) is 0 Å². The molecule has 0 bridgehead atoms. The predicted octanol–water partition coefficient (Wildman–Crippen LogP) is 4.16. The predicted molar refractivity (Wildman–Crippen MR) is 113 cm³/mol. The fourth-order valence-electron chi connectivity index (χ4n) is 3.51. The molecule has 0 aliphatic carbocycles. The lowest BCUT2D eigenvalue weighted by molar-refractivity contribution is -0.121. The highest BCUT2D eigenvalue weighted by atomic mass is 16.5. The third-order valence-corrected chi connectivity index (χ3v) is 5.15. The van der Waals surface area contributed by atoms with Crippen molar-refractivity contribution in [2.75, 3.05) is 24.6 Å². The molecule has 1 aromatic carbocycles. The summed E-state index contributed by atoms with van der Waals surface area (Å²) in [6.07, 6.45) is 7.31. The summed E-state index contributed by atoms with van der Waals surface area (Å²) in [5.74, 6) is 1.87. The number of pyridine rings is 1. The Morgan fingerprint density at radius 3 is 2.57 bits per heavy atom. The third-order valence-electron chi connectivity index (χ3n) is 5.15. The van der Waals surface area contributed by atoms with Crippen LogP contribution in [0.2, 0.25) is 0 Å². The zero-order valence-corrected chi connectivity index (χ0v) is 17.0. The second kappa shape index (κ2) is 10.1. The van der Waals surface area contributed by atoms with Crippen LogP contribution in [0, 0.1) is 13.8 Å². The van der Waals surface area contributed by atoms with E-state index in [2.05, 4.69) is 40.3 Å². The van der Waals surface area contributed by atoms with E-state index in [9.17, 15) is 4.79 Å². The molecule has 0 radical (unpaired) electrons. The molecule has 0 spiro atoms. The number of carbonyl (C=O) groups is 1. The van der Waals surface area contributed by atoms with Crippen molar-refractivity contribution in [3.05, 3.63) is 53.2 Å². The summed E-state index contributed by atoms with van der Waals surface area (Å²) < 4.78 is 5.73. The first-order chi connectivity index (χ1) is 13.6. The van der Waals surface area contributed by atoms with Crippen molar-refractivity contribution in [2.45, 2.75) is 52.5 Å². The number of anilines is 1. The lowest BCUT2D eigenvalue weighted by atomic mass is 10.1. The molecule has 0 unspecified atom stereocenters. The fourth-order valence-corrected chi connectivity index (χ4v) is 3.51. The van der Waals surface area contributed by atoms with Crippen LogP contribution in [0.3, 0.4) is 0 Å². The molecule has 2 aromatic rings. The molecular formula is C23H31N3O2. The van der Waals surface area contributed by atoms with Crippen LogP contribution in [0.25, 0.3) is 0 Å². The van der Waals surface area contributed by atoms with Crippen molar-refractivity contribution in [3.63, 3.8) is 0 Å². The van der Waals surface area contributed by atoms with Gasteiger partial charge in [0.15, 0.2) is 0 Å². The first kappa shape index (κ1) is 20.2. The second-order valence-corrected chi connectivity index (χ2v) is 7.57. The molecule has 0 saturated carbocycles. The molecule has 28 heavy (non-hydrogen) atoms. The summed E-state index contributed by atoms with van der Waals surface area (Å²) in [6.45, 7) is 7.12. The minimum absolute atomic E-state index is 0.0126. The molecule has 150 valence electrons. The summed E-state index contributed by atoms with van der Waals surface area (Å²) in [4.78, 5) is 19.0. The van der Waals surface area contributed by atoms with Gasteiger partial charge in [0.1, 0.15) is 11.6 Å². The maximum atomic E-state index is 12.1. The molecule has 5 nitrogen and oxygen atoms in total. The molecule has 2 heterocycles. The normalized spacial score (nSPS) is 14.4. The van der Waals surface area contributed by atoms with Gasteiger partial charge in [-0.1, -0.05) is 36.6 Å². The summed E-state index contributed by atoms with van der Waals surface area (Å²) in [6, 6.07) is 10.2. The van der Waals surface area contributed by atoms with Crippen LogP contribution in [0.5, 0.6) is 5.75 Å². The van der Waals surface area contributed by atoms with Gasteiger partial charge < -0.3 is 15.0 Å². The maximum absolute atomic E-state index is 12.1. The van der Waals surface area contributed by atoms with Crippen LogP contribution in [-0.2, 0) is 11.3 Å². The van der Waals surface area contributed by atoms with E-state index in [0.29, 0.717) is 19.6 Å². The van der Waals surface area contributed by atoms with Crippen molar-refractivity contribution < 1.29 is 9.53 Å². The number of hydrogen-bond acceptors (Lipinski definition) is 4. The molecule has 1 amide bonds. The van der Waals surface area contributed by atoms with E-state index in [4.69, 9.17) is 4.74 Å². The second-order valence-electron chi connectivity index (χ2n) is 7.57. The summed E-state index contributed by atoms with van der Waals surface area (Å²) >= 11 is 0. The summed E-state index contributed by atoms with van der Waals surface area (Å²) in [5.41, 5.74) is 3.32. The smallest absolute Gasteiger partial charge is 0.223 e. The van der Waals surface area contributed by atoms with Gasteiger partial charge in [-0.2, -0.15) is 0 Å². The quantitative estimate of drug-likeness (QED) is 0.782.